The van der Waals surface area contributed by atoms with Gasteiger partial charge in [-0.1, -0.05) is 43.8 Å². The van der Waals surface area contributed by atoms with E-state index < -0.39 is 0 Å². The number of ether oxygens (including phenoxy) is 1. The summed E-state index contributed by atoms with van der Waals surface area (Å²) in [5, 5.41) is 8.80. The molecular formula is C17H24N4O2S. The fourth-order valence-corrected chi connectivity index (χ4v) is 2.85. The quantitative estimate of drug-likeness (QED) is 0.705. The third-order valence-electron chi connectivity index (χ3n) is 3.52. The molecule has 0 aliphatic heterocycles. The van der Waals surface area contributed by atoms with Crippen LogP contribution < -0.4 is 10.5 Å². The number of para-hydroxylation sites is 1. The maximum absolute atomic E-state index is 11.3. The van der Waals surface area contributed by atoms with E-state index >= 15 is 0 Å². The van der Waals surface area contributed by atoms with Crippen LogP contribution in [0.5, 0.6) is 5.75 Å². The van der Waals surface area contributed by atoms with E-state index in [2.05, 4.69) is 24.0 Å². The fourth-order valence-electron chi connectivity index (χ4n) is 2.01. The zero-order valence-corrected chi connectivity index (χ0v) is 15.1. The first-order chi connectivity index (χ1) is 11.5. The Labute approximate surface area is 146 Å². The van der Waals surface area contributed by atoms with Crippen LogP contribution in [0.4, 0.5) is 0 Å². The summed E-state index contributed by atoms with van der Waals surface area (Å²) in [6, 6.07) is 9.60. The van der Waals surface area contributed by atoms with Crippen LogP contribution in [0, 0.1) is 5.92 Å². The zero-order valence-electron chi connectivity index (χ0n) is 14.3. The van der Waals surface area contributed by atoms with Gasteiger partial charge in [0.25, 0.3) is 0 Å². The number of nitrogens with zero attached hydrogens (tertiary/aromatic N) is 3. The summed E-state index contributed by atoms with van der Waals surface area (Å²) >= 11 is 1.33. The molecule has 2 aromatic rings. The molecule has 0 aliphatic rings. The third-order valence-corrected chi connectivity index (χ3v) is 4.62. The van der Waals surface area contributed by atoms with E-state index in [0.717, 1.165) is 24.5 Å². The normalized spacial score (nSPS) is 12.3. The van der Waals surface area contributed by atoms with Crippen molar-refractivity contribution < 1.29 is 9.53 Å². The maximum Gasteiger partial charge on any atom is 0.230 e. The van der Waals surface area contributed by atoms with E-state index in [1.54, 1.807) is 6.92 Å². The molecule has 2 N–H and O–H groups in total. The summed E-state index contributed by atoms with van der Waals surface area (Å²) in [6.45, 7) is 7.23. The van der Waals surface area contributed by atoms with Crippen molar-refractivity contribution >= 4 is 17.7 Å². The molecule has 1 amide bonds. The van der Waals surface area contributed by atoms with Crippen molar-refractivity contribution in [2.45, 2.75) is 50.8 Å². The first kappa shape index (κ1) is 18.3. The summed E-state index contributed by atoms with van der Waals surface area (Å²) in [7, 11) is 0. The number of primary amides is 1. The molecule has 130 valence electrons. The van der Waals surface area contributed by atoms with Crippen LogP contribution >= 0.6 is 11.8 Å². The minimum Gasteiger partial charge on any atom is -0.486 e. The van der Waals surface area contributed by atoms with E-state index in [9.17, 15) is 4.79 Å². The van der Waals surface area contributed by atoms with Crippen LogP contribution in [0.1, 0.15) is 33.0 Å². The molecule has 0 spiro atoms. The second-order valence-corrected chi connectivity index (χ2v) is 7.31. The molecule has 1 heterocycles. The molecule has 0 saturated carbocycles. The average molecular weight is 348 g/mol. The molecule has 0 bridgehead atoms. The standard InChI is InChI=1S/C17H24N4O2S/c1-12(2)9-10-21-15(11-23-14-7-5-4-6-8-14)19-20-17(21)24-13(3)16(18)22/h4-8,12-13H,9-11H2,1-3H3,(H2,18,22)/t13-/m1/s1. The van der Waals surface area contributed by atoms with E-state index in [1.165, 1.54) is 11.8 Å². The molecule has 6 nitrogen and oxygen atoms in total. The van der Waals surface area contributed by atoms with Gasteiger partial charge in [0.15, 0.2) is 11.0 Å². The number of carbonyl (C=O) groups is 1. The van der Waals surface area contributed by atoms with Crippen LogP contribution in [0.15, 0.2) is 35.5 Å². The van der Waals surface area contributed by atoms with Gasteiger partial charge >= 0.3 is 0 Å². The summed E-state index contributed by atoms with van der Waals surface area (Å²) in [6.07, 6.45) is 0.995. The lowest BCUT2D eigenvalue weighted by Crippen LogP contribution is -2.23. The average Bonchev–Trinajstić information content (AvgIpc) is 2.93. The highest BCUT2D eigenvalue weighted by Gasteiger charge is 2.18. The first-order valence-electron chi connectivity index (χ1n) is 8.03. The number of hydrogen-bond acceptors (Lipinski definition) is 5. The Balaban J connectivity index is 2.13. The van der Waals surface area contributed by atoms with Gasteiger partial charge in [0.2, 0.25) is 5.91 Å². The van der Waals surface area contributed by atoms with Crippen LogP contribution in [0.25, 0.3) is 0 Å². The van der Waals surface area contributed by atoms with E-state index in [4.69, 9.17) is 10.5 Å². The molecule has 0 fully saturated rings. The fraction of sp³-hybridized carbons (Fsp3) is 0.471. The van der Waals surface area contributed by atoms with Crippen molar-refractivity contribution in [2.75, 3.05) is 0 Å². The van der Waals surface area contributed by atoms with Crippen molar-refractivity contribution in [3.05, 3.63) is 36.2 Å². The topological polar surface area (TPSA) is 83.0 Å². The summed E-state index contributed by atoms with van der Waals surface area (Å²) in [5.41, 5.74) is 5.36. The Bertz CT molecular complexity index is 658. The molecule has 0 unspecified atom stereocenters. The molecular weight excluding hydrogens is 324 g/mol. The van der Waals surface area contributed by atoms with Gasteiger partial charge in [-0.05, 0) is 31.4 Å². The Morgan fingerprint density at radius 2 is 1.96 bits per heavy atom. The van der Waals surface area contributed by atoms with Gasteiger partial charge in [0.05, 0.1) is 5.25 Å². The summed E-state index contributed by atoms with van der Waals surface area (Å²) in [4.78, 5) is 11.3. The number of benzene rings is 1. The molecule has 0 radical (unpaired) electrons. The van der Waals surface area contributed by atoms with Gasteiger partial charge in [0, 0.05) is 6.54 Å². The number of aromatic nitrogens is 3. The molecule has 24 heavy (non-hydrogen) atoms. The molecule has 0 aliphatic carbocycles. The molecule has 1 atom stereocenters. The van der Waals surface area contributed by atoms with Gasteiger partial charge in [0.1, 0.15) is 12.4 Å². The molecule has 2 rings (SSSR count). The lowest BCUT2D eigenvalue weighted by Gasteiger charge is -2.13. The Hall–Kier alpha value is -2.02. The first-order valence-corrected chi connectivity index (χ1v) is 8.91. The molecule has 1 aromatic heterocycles. The van der Waals surface area contributed by atoms with Crippen molar-refractivity contribution in [3.8, 4) is 5.75 Å². The zero-order chi connectivity index (χ0) is 17.5. The number of nitrogens with two attached hydrogens (primary N) is 1. The van der Waals surface area contributed by atoms with Crippen LogP contribution in [0.3, 0.4) is 0 Å². The second kappa shape index (κ2) is 8.73. The molecule has 7 heteroatoms. The number of hydrogen-bond donors (Lipinski definition) is 1. The van der Waals surface area contributed by atoms with Crippen molar-refractivity contribution in [3.63, 3.8) is 0 Å². The monoisotopic (exact) mass is 348 g/mol. The number of amides is 1. The second-order valence-electron chi connectivity index (χ2n) is 6.00. The molecule has 0 saturated heterocycles. The van der Waals surface area contributed by atoms with Crippen molar-refractivity contribution in [2.24, 2.45) is 11.7 Å². The van der Waals surface area contributed by atoms with E-state index in [0.29, 0.717) is 17.7 Å². The highest BCUT2D eigenvalue weighted by Crippen LogP contribution is 2.23. The van der Waals surface area contributed by atoms with Crippen molar-refractivity contribution in [1.29, 1.82) is 0 Å². The van der Waals surface area contributed by atoms with Crippen molar-refractivity contribution in [1.82, 2.24) is 14.8 Å². The highest BCUT2D eigenvalue weighted by atomic mass is 32.2. The van der Waals surface area contributed by atoms with Gasteiger partial charge in [-0.3, -0.25) is 4.79 Å². The number of rotatable bonds is 9. The van der Waals surface area contributed by atoms with Gasteiger partial charge < -0.3 is 15.0 Å². The number of carbonyl (C=O) groups excluding carboxylic acids is 1. The minimum atomic E-state index is -0.361. The highest BCUT2D eigenvalue weighted by molar-refractivity contribution is 8.00. The van der Waals surface area contributed by atoms with Crippen LogP contribution in [0.2, 0.25) is 0 Å². The van der Waals surface area contributed by atoms with E-state index in [1.807, 2.05) is 34.9 Å². The smallest absolute Gasteiger partial charge is 0.230 e. The minimum absolute atomic E-state index is 0.334. The third kappa shape index (κ3) is 5.26. The van der Waals surface area contributed by atoms with Gasteiger partial charge in [-0.2, -0.15) is 0 Å². The predicted molar refractivity (Wildman–Crippen MR) is 94.8 cm³/mol. The SMILES string of the molecule is CC(C)CCn1c(COc2ccccc2)nnc1S[C@H](C)C(N)=O. The van der Waals surface area contributed by atoms with Crippen LogP contribution in [-0.4, -0.2) is 25.9 Å². The Kier molecular flexibility index (Phi) is 6.66. The van der Waals surface area contributed by atoms with Gasteiger partial charge in [-0.15, -0.1) is 10.2 Å². The molecule has 1 aromatic carbocycles. The summed E-state index contributed by atoms with van der Waals surface area (Å²) < 4.78 is 7.80. The Morgan fingerprint density at radius 1 is 1.25 bits per heavy atom. The Morgan fingerprint density at radius 3 is 2.58 bits per heavy atom. The predicted octanol–water partition coefficient (Wildman–Crippen LogP) is 2.87. The number of thioether (sulfide) groups is 1. The largest absolute Gasteiger partial charge is 0.486 e. The maximum atomic E-state index is 11.3. The van der Waals surface area contributed by atoms with Gasteiger partial charge in [-0.25, -0.2) is 0 Å². The summed E-state index contributed by atoms with van der Waals surface area (Å²) in [5.74, 6) is 1.73. The lowest BCUT2D eigenvalue weighted by atomic mass is 10.1. The van der Waals surface area contributed by atoms with E-state index in [-0.39, 0.29) is 11.2 Å². The van der Waals surface area contributed by atoms with Crippen LogP contribution in [-0.2, 0) is 17.9 Å². The lowest BCUT2D eigenvalue weighted by molar-refractivity contribution is -0.117.